The van der Waals surface area contributed by atoms with Crippen molar-refractivity contribution in [3.05, 3.63) is 47.5 Å². The molecule has 0 saturated carbocycles. The van der Waals surface area contributed by atoms with Crippen LogP contribution in [-0.2, 0) is 9.53 Å². The van der Waals surface area contributed by atoms with Crippen LogP contribution < -0.4 is 0 Å². The number of imide groups is 1. The highest BCUT2D eigenvalue weighted by atomic mass is 16.5. The summed E-state index contributed by atoms with van der Waals surface area (Å²) in [5.41, 5.74) is 1.18. The molecule has 0 aromatic heterocycles. The quantitative estimate of drug-likeness (QED) is 0.323. The fourth-order valence-electron chi connectivity index (χ4n) is 3.83. The van der Waals surface area contributed by atoms with E-state index in [0.29, 0.717) is 30.7 Å². The SMILES string of the molecule is O=C(CCCCCO)OCCCCCCN1C(=O)c2cccc3cccc(c23)C1=O. The van der Waals surface area contributed by atoms with Crippen LogP contribution >= 0.6 is 0 Å². The van der Waals surface area contributed by atoms with Gasteiger partial charge < -0.3 is 9.84 Å². The van der Waals surface area contributed by atoms with Crippen LogP contribution in [0.4, 0.5) is 0 Å². The van der Waals surface area contributed by atoms with Crippen LogP contribution in [-0.4, -0.2) is 47.5 Å². The minimum Gasteiger partial charge on any atom is -0.466 e. The van der Waals surface area contributed by atoms with Gasteiger partial charge in [-0.05, 0) is 49.6 Å². The summed E-state index contributed by atoms with van der Waals surface area (Å²) in [7, 11) is 0. The molecule has 3 rings (SSSR count). The fraction of sp³-hybridized carbons (Fsp3) is 0.458. The summed E-state index contributed by atoms with van der Waals surface area (Å²) in [5.74, 6) is -0.635. The van der Waals surface area contributed by atoms with E-state index in [1.807, 2.05) is 24.3 Å². The maximum atomic E-state index is 12.8. The molecule has 0 spiro atoms. The molecule has 6 heteroatoms. The Hall–Kier alpha value is -2.73. The summed E-state index contributed by atoms with van der Waals surface area (Å²) >= 11 is 0. The van der Waals surface area contributed by atoms with Crippen molar-refractivity contribution >= 4 is 28.6 Å². The van der Waals surface area contributed by atoms with Crippen LogP contribution in [0.5, 0.6) is 0 Å². The van der Waals surface area contributed by atoms with Gasteiger partial charge in [0.15, 0.2) is 0 Å². The van der Waals surface area contributed by atoms with Crippen LogP contribution in [0.2, 0.25) is 0 Å². The maximum Gasteiger partial charge on any atom is 0.305 e. The highest BCUT2D eigenvalue weighted by Crippen LogP contribution is 2.30. The lowest BCUT2D eigenvalue weighted by molar-refractivity contribution is -0.143. The molecule has 0 bridgehead atoms. The van der Waals surface area contributed by atoms with E-state index in [0.717, 1.165) is 55.7 Å². The van der Waals surface area contributed by atoms with Gasteiger partial charge in [0.2, 0.25) is 0 Å². The van der Waals surface area contributed by atoms with Gasteiger partial charge in [-0.2, -0.15) is 0 Å². The number of nitrogens with zero attached hydrogens (tertiary/aromatic N) is 1. The molecule has 0 radical (unpaired) electrons. The van der Waals surface area contributed by atoms with Crippen molar-refractivity contribution in [2.75, 3.05) is 19.8 Å². The number of carbonyl (C=O) groups excluding carboxylic acids is 3. The van der Waals surface area contributed by atoms with E-state index >= 15 is 0 Å². The number of hydrogen-bond acceptors (Lipinski definition) is 5. The summed E-state index contributed by atoms with van der Waals surface area (Å²) < 4.78 is 5.20. The van der Waals surface area contributed by atoms with Crippen molar-refractivity contribution in [2.24, 2.45) is 0 Å². The Morgan fingerprint density at radius 3 is 2.13 bits per heavy atom. The molecule has 1 aliphatic heterocycles. The Labute approximate surface area is 176 Å². The lowest BCUT2D eigenvalue weighted by Gasteiger charge is -2.27. The Balaban J connectivity index is 1.38. The normalized spacial score (nSPS) is 13.2. The first-order chi connectivity index (χ1) is 14.6. The smallest absolute Gasteiger partial charge is 0.305 e. The second-order valence-corrected chi connectivity index (χ2v) is 7.64. The molecule has 0 atom stereocenters. The first-order valence-electron chi connectivity index (χ1n) is 10.8. The number of ether oxygens (including phenoxy) is 1. The third kappa shape index (κ3) is 5.25. The molecule has 1 N–H and O–H groups in total. The molecule has 2 aromatic carbocycles. The number of aliphatic hydroxyl groups excluding tert-OH is 1. The number of benzene rings is 2. The van der Waals surface area contributed by atoms with E-state index in [9.17, 15) is 14.4 Å². The maximum absolute atomic E-state index is 12.8. The zero-order chi connectivity index (χ0) is 21.3. The molecule has 2 aromatic rings. The predicted molar refractivity (Wildman–Crippen MR) is 114 cm³/mol. The predicted octanol–water partition coefficient (Wildman–Crippen LogP) is 4.09. The van der Waals surface area contributed by atoms with Crippen molar-refractivity contribution < 1.29 is 24.2 Å². The van der Waals surface area contributed by atoms with Crippen molar-refractivity contribution in [1.82, 2.24) is 4.90 Å². The van der Waals surface area contributed by atoms with Crippen molar-refractivity contribution in [3.63, 3.8) is 0 Å². The van der Waals surface area contributed by atoms with Gasteiger partial charge in [-0.3, -0.25) is 19.3 Å². The third-order valence-corrected chi connectivity index (χ3v) is 5.43. The second kappa shape index (κ2) is 10.9. The molecule has 1 aliphatic rings. The summed E-state index contributed by atoms with van der Waals surface area (Å²) in [6.07, 6.45) is 5.92. The van der Waals surface area contributed by atoms with E-state index in [4.69, 9.17) is 9.84 Å². The largest absolute Gasteiger partial charge is 0.466 e. The first-order valence-corrected chi connectivity index (χ1v) is 10.8. The minimum absolute atomic E-state index is 0.159. The zero-order valence-electron chi connectivity index (χ0n) is 17.3. The number of esters is 1. The number of aliphatic hydroxyl groups is 1. The van der Waals surface area contributed by atoms with E-state index < -0.39 is 0 Å². The average molecular weight is 411 g/mol. The standard InChI is InChI=1S/C24H29NO5/c26-16-6-3-4-14-21(27)30-17-7-2-1-5-15-25-23(28)19-12-8-10-18-11-9-13-20(22(18)19)24(25)29/h8-13,26H,1-7,14-17H2. The number of rotatable bonds is 12. The Morgan fingerprint density at radius 2 is 1.47 bits per heavy atom. The first kappa shape index (κ1) is 22.0. The van der Waals surface area contributed by atoms with E-state index in [1.54, 1.807) is 12.1 Å². The highest BCUT2D eigenvalue weighted by molar-refractivity contribution is 6.25. The number of amides is 2. The molecule has 0 fully saturated rings. The van der Waals surface area contributed by atoms with E-state index in [-0.39, 0.29) is 24.4 Å². The lowest BCUT2D eigenvalue weighted by atomic mass is 9.94. The van der Waals surface area contributed by atoms with E-state index in [2.05, 4.69) is 0 Å². The fourth-order valence-corrected chi connectivity index (χ4v) is 3.83. The minimum atomic E-state index is -0.223. The Kier molecular flexibility index (Phi) is 7.97. The number of hydrogen-bond donors (Lipinski definition) is 1. The van der Waals surface area contributed by atoms with Crippen molar-refractivity contribution in [3.8, 4) is 0 Å². The van der Waals surface area contributed by atoms with Gasteiger partial charge in [0.1, 0.15) is 0 Å². The van der Waals surface area contributed by atoms with E-state index in [1.165, 1.54) is 4.90 Å². The molecule has 0 saturated heterocycles. The third-order valence-electron chi connectivity index (χ3n) is 5.43. The van der Waals surface area contributed by atoms with Crippen molar-refractivity contribution in [1.29, 1.82) is 0 Å². The van der Waals surface area contributed by atoms with Gasteiger partial charge in [0, 0.05) is 36.1 Å². The zero-order valence-corrected chi connectivity index (χ0v) is 17.3. The second-order valence-electron chi connectivity index (χ2n) is 7.64. The van der Waals surface area contributed by atoms with Gasteiger partial charge in [0.05, 0.1) is 6.61 Å². The Bertz CT molecular complexity index is 857. The molecule has 160 valence electrons. The topological polar surface area (TPSA) is 83.9 Å². The van der Waals surface area contributed by atoms with Crippen LogP contribution in [0.1, 0.15) is 72.1 Å². The highest BCUT2D eigenvalue weighted by Gasteiger charge is 2.31. The van der Waals surface area contributed by atoms with Gasteiger partial charge in [-0.25, -0.2) is 0 Å². The van der Waals surface area contributed by atoms with Gasteiger partial charge in [-0.1, -0.05) is 37.1 Å². The van der Waals surface area contributed by atoms with Crippen LogP contribution in [0, 0.1) is 0 Å². The van der Waals surface area contributed by atoms with Crippen LogP contribution in [0.15, 0.2) is 36.4 Å². The van der Waals surface area contributed by atoms with Crippen LogP contribution in [0.25, 0.3) is 10.8 Å². The summed E-state index contributed by atoms with van der Waals surface area (Å²) in [5, 5.41) is 10.4. The van der Waals surface area contributed by atoms with Gasteiger partial charge >= 0.3 is 5.97 Å². The monoisotopic (exact) mass is 411 g/mol. The lowest BCUT2D eigenvalue weighted by Crippen LogP contribution is -2.40. The Morgan fingerprint density at radius 1 is 0.833 bits per heavy atom. The van der Waals surface area contributed by atoms with Gasteiger partial charge in [0.25, 0.3) is 11.8 Å². The molecule has 6 nitrogen and oxygen atoms in total. The molecule has 30 heavy (non-hydrogen) atoms. The number of unbranched alkanes of at least 4 members (excludes halogenated alkanes) is 5. The summed E-state index contributed by atoms with van der Waals surface area (Å²) in [4.78, 5) is 38.6. The van der Waals surface area contributed by atoms with Gasteiger partial charge in [-0.15, -0.1) is 0 Å². The molecule has 0 aliphatic carbocycles. The summed E-state index contributed by atoms with van der Waals surface area (Å²) in [6, 6.07) is 11.1. The molecular formula is C24H29NO5. The molecule has 0 unspecified atom stereocenters. The number of carbonyl (C=O) groups is 3. The average Bonchev–Trinajstić information content (AvgIpc) is 2.76. The molecule has 1 heterocycles. The molecular weight excluding hydrogens is 382 g/mol. The summed E-state index contributed by atoms with van der Waals surface area (Å²) in [6.45, 7) is 0.953. The van der Waals surface area contributed by atoms with Crippen molar-refractivity contribution in [2.45, 2.75) is 51.4 Å². The molecule has 2 amide bonds. The van der Waals surface area contributed by atoms with Crippen LogP contribution in [0.3, 0.4) is 0 Å².